The summed E-state index contributed by atoms with van der Waals surface area (Å²) < 4.78 is 0.226. The molecule has 4 heteroatoms. The van der Waals surface area contributed by atoms with Gasteiger partial charge in [0, 0.05) is 21.4 Å². The minimum absolute atomic E-state index is 0.145. The Morgan fingerprint density at radius 2 is 1.71 bits per heavy atom. The molecule has 1 aliphatic carbocycles. The second kappa shape index (κ2) is 6.73. The minimum atomic E-state index is -0.642. The molecule has 116 valence electrons. The van der Waals surface area contributed by atoms with E-state index in [2.05, 4.69) is 50.4 Å². The van der Waals surface area contributed by atoms with Crippen molar-refractivity contribution in [2.75, 3.05) is 5.32 Å². The van der Waals surface area contributed by atoms with Gasteiger partial charge in [0.2, 0.25) is 0 Å². The molecular weight excluding hydrogens is 282 g/mol. The first-order valence-electron chi connectivity index (χ1n) is 7.62. The number of thioether (sulfide) groups is 1. The van der Waals surface area contributed by atoms with Crippen molar-refractivity contribution in [3.63, 3.8) is 0 Å². The van der Waals surface area contributed by atoms with E-state index in [1.807, 2.05) is 11.8 Å². The molecule has 3 nitrogen and oxygen atoms in total. The molecule has 21 heavy (non-hydrogen) atoms. The summed E-state index contributed by atoms with van der Waals surface area (Å²) in [6.07, 6.45) is 3.45. The zero-order valence-corrected chi connectivity index (χ0v) is 13.9. The van der Waals surface area contributed by atoms with Crippen molar-refractivity contribution in [3.05, 3.63) is 24.3 Å². The molecule has 0 aliphatic heterocycles. The lowest BCUT2D eigenvalue weighted by molar-refractivity contribution is -0.142. The molecule has 1 aromatic rings. The molecule has 1 aromatic carbocycles. The van der Waals surface area contributed by atoms with Gasteiger partial charge in [-0.2, -0.15) is 0 Å². The number of anilines is 1. The summed E-state index contributed by atoms with van der Waals surface area (Å²) in [5, 5.41) is 12.5. The molecule has 0 heterocycles. The molecule has 0 aromatic heterocycles. The summed E-state index contributed by atoms with van der Waals surface area (Å²) in [5.41, 5.74) is 1.13. The van der Waals surface area contributed by atoms with Crippen LogP contribution < -0.4 is 5.32 Å². The van der Waals surface area contributed by atoms with Crippen molar-refractivity contribution >= 4 is 23.4 Å². The highest BCUT2D eigenvalue weighted by atomic mass is 32.2. The SMILES string of the molecule is CC(C)(C)Sc1ccc(NC2CCC(C(=O)O)CC2)cc1. The molecule has 0 bridgehead atoms. The summed E-state index contributed by atoms with van der Waals surface area (Å²) in [6.45, 7) is 6.64. The van der Waals surface area contributed by atoms with Crippen molar-refractivity contribution in [1.82, 2.24) is 0 Å². The van der Waals surface area contributed by atoms with Crippen LogP contribution in [0.3, 0.4) is 0 Å². The summed E-state index contributed by atoms with van der Waals surface area (Å²) in [7, 11) is 0. The highest BCUT2D eigenvalue weighted by Crippen LogP contribution is 2.33. The Balaban J connectivity index is 1.85. The average molecular weight is 307 g/mol. The van der Waals surface area contributed by atoms with Crippen LogP contribution in [0, 0.1) is 5.92 Å². The summed E-state index contributed by atoms with van der Waals surface area (Å²) >= 11 is 1.87. The first kappa shape index (κ1) is 16.2. The molecule has 2 N–H and O–H groups in total. The number of rotatable bonds is 4. The monoisotopic (exact) mass is 307 g/mol. The fraction of sp³-hybridized carbons (Fsp3) is 0.588. The predicted octanol–water partition coefficient (Wildman–Crippen LogP) is 4.63. The van der Waals surface area contributed by atoms with Crippen molar-refractivity contribution in [2.45, 2.75) is 62.1 Å². The third-order valence-corrected chi connectivity index (χ3v) is 4.85. The number of hydrogen-bond acceptors (Lipinski definition) is 3. The topological polar surface area (TPSA) is 49.3 Å². The summed E-state index contributed by atoms with van der Waals surface area (Å²) in [5.74, 6) is -0.786. The zero-order valence-electron chi connectivity index (χ0n) is 13.1. The third-order valence-electron chi connectivity index (χ3n) is 3.73. The molecular formula is C17H25NO2S. The van der Waals surface area contributed by atoms with Gasteiger partial charge in [-0.25, -0.2) is 0 Å². The zero-order chi connectivity index (χ0) is 15.5. The maximum absolute atomic E-state index is 10.9. The average Bonchev–Trinajstić information content (AvgIpc) is 2.40. The molecule has 0 unspecified atom stereocenters. The number of carboxylic acids is 1. The van der Waals surface area contributed by atoms with Crippen molar-refractivity contribution in [3.8, 4) is 0 Å². The summed E-state index contributed by atoms with van der Waals surface area (Å²) in [6, 6.07) is 8.96. The van der Waals surface area contributed by atoms with Gasteiger partial charge < -0.3 is 10.4 Å². The van der Waals surface area contributed by atoms with Crippen molar-refractivity contribution in [1.29, 1.82) is 0 Å². The Labute approximate surface area is 131 Å². The van der Waals surface area contributed by atoms with Crippen LogP contribution in [0.2, 0.25) is 0 Å². The Kier molecular flexibility index (Phi) is 5.20. The van der Waals surface area contributed by atoms with Crippen LogP contribution in [0.1, 0.15) is 46.5 Å². The van der Waals surface area contributed by atoms with Gasteiger partial charge in [0.1, 0.15) is 0 Å². The van der Waals surface area contributed by atoms with E-state index in [1.165, 1.54) is 4.90 Å². The normalized spacial score (nSPS) is 22.8. The maximum atomic E-state index is 10.9. The number of carboxylic acid groups (broad SMARTS) is 1. The second-order valence-electron chi connectivity index (χ2n) is 6.77. The van der Waals surface area contributed by atoms with Gasteiger partial charge in [-0.15, -0.1) is 11.8 Å². The maximum Gasteiger partial charge on any atom is 0.306 e. The number of aliphatic carboxylic acids is 1. The second-order valence-corrected chi connectivity index (χ2v) is 8.67. The van der Waals surface area contributed by atoms with Crippen LogP contribution in [0.15, 0.2) is 29.2 Å². The Bertz CT molecular complexity index is 471. The molecule has 1 aliphatic rings. The Morgan fingerprint density at radius 3 is 2.19 bits per heavy atom. The van der Waals surface area contributed by atoms with Gasteiger partial charge in [-0.05, 0) is 49.9 Å². The molecule has 0 spiro atoms. The van der Waals surface area contributed by atoms with Crippen LogP contribution in [-0.4, -0.2) is 21.9 Å². The van der Waals surface area contributed by atoms with E-state index in [0.29, 0.717) is 6.04 Å². The lowest BCUT2D eigenvalue weighted by Gasteiger charge is -2.27. The van der Waals surface area contributed by atoms with Gasteiger partial charge in [0.05, 0.1) is 5.92 Å². The fourth-order valence-corrected chi connectivity index (χ4v) is 3.67. The highest BCUT2D eigenvalue weighted by molar-refractivity contribution is 8.00. The van der Waals surface area contributed by atoms with Gasteiger partial charge in [0.15, 0.2) is 0 Å². The molecule has 1 fully saturated rings. The molecule has 0 radical (unpaired) electrons. The lowest BCUT2D eigenvalue weighted by Crippen LogP contribution is -2.29. The molecule has 1 saturated carbocycles. The van der Waals surface area contributed by atoms with Gasteiger partial charge in [0.25, 0.3) is 0 Å². The van der Waals surface area contributed by atoms with E-state index in [0.717, 1.165) is 31.4 Å². The minimum Gasteiger partial charge on any atom is -0.481 e. The highest BCUT2D eigenvalue weighted by Gasteiger charge is 2.25. The van der Waals surface area contributed by atoms with Crippen molar-refractivity contribution in [2.24, 2.45) is 5.92 Å². The van der Waals surface area contributed by atoms with Crippen LogP contribution in [0.5, 0.6) is 0 Å². The van der Waals surface area contributed by atoms with Gasteiger partial charge in [-0.1, -0.05) is 20.8 Å². The fourth-order valence-electron chi connectivity index (χ4n) is 2.69. The largest absolute Gasteiger partial charge is 0.481 e. The molecule has 0 atom stereocenters. The number of benzene rings is 1. The van der Waals surface area contributed by atoms with E-state index in [9.17, 15) is 4.79 Å². The first-order chi connectivity index (χ1) is 9.83. The van der Waals surface area contributed by atoms with E-state index in [-0.39, 0.29) is 10.7 Å². The standard InChI is InChI=1S/C17H25NO2S/c1-17(2,3)21-15-10-8-14(9-11-15)18-13-6-4-12(5-7-13)16(19)20/h8-13,18H,4-7H2,1-3H3,(H,19,20). The predicted molar refractivity (Wildman–Crippen MR) is 89.1 cm³/mol. The lowest BCUT2D eigenvalue weighted by atomic mass is 9.86. The quantitative estimate of drug-likeness (QED) is 0.796. The van der Waals surface area contributed by atoms with Crippen LogP contribution in [0.4, 0.5) is 5.69 Å². The van der Waals surface area contributed by atoms with E-state index in [4.69, 9.17) is 5.11 Å². The van der Waals surface area contributed by atoms with Crippen molar-refractivity contribution < 1.29 is 9.90 Å². The molecule has 2 rings (SSSR count). The number of nitrogens with one attached hydrogen (secondary N) is 1. The van der Waals surface area contributed by atoms with E-state index in [1.54, 1.807) is 0 Å². The summed E-state index contributed by atoms with van der Waals surface area (Å²) in [4.78, 5) is 12.2. The molecule has 0 amide bonds. The van der Waals surface area contributed by atoms with E-state index < -0.39 is 5.97 Å². The number of carbonyl (C=O) groups is 1. The first-order valence-corrected chi connectivity index (χ1v) is 8.43. The van der Waals surface area contributed by atoms with Crippen LogP contribution in [0.25, 0.3) is 0 Å². The Morgan fingerprint density at radius 1 is 1.14 bits per heavy atom. The van der Waals surface area contributed by atoms with Crippen LogP contribution >= 0.6 is 11.8 Å². The van der Waals surface area contributed by atoms with Gasteiger partial charge in [-0.3, -0.25) is 4.79 Å². The Hall–Kier alpha value is -1.16. The smallest absolute Gasteiger partial charge is 0.306 e. The number of hydrogen-bond donors (Lipinski definition) is 2. The van der Waals surface area contributed by atoms with E-state index >= 15 is 0 Å². The van der Waals surface area contributed by atoms with Gasteiger partial charge >= 0.3 is 5.97 Å². The molecule has 0 saturated heterocycles. The van der Waals surface area contributed by atoms with Crippen LogP contribution in [-0.2, 0) is 4.79 Å². The third kappa shape index (κ3) is 5.27.